The van der Waals surface area contributed by atoms with Crippen molar-refractivity contribution in [2.45, 2.75) is 32.6 Å². The van der Waals surface area contributed by atoms with Crippen LogP contribution in [0.3, 0.4) is 0 Å². The fraction of sp³-hybridized carbons (Fsp3) is 0.429. The molecule has 0 fully saturated rings. The number of aryl methyl sites for hydroxylation is 2. The summed E-state index contributed by atoms with van der Waals surface area (Å²) in [7, 11) is 2.11. The molecule has 0 N–H and O–H groups in total. The molecule has 1 aromatic carbocycles. The van der Waals surface area contributed by atoms with E-state index in [4.69, 9.17) is 0 Å². The normalized spacial score (nSPS) is 11.1. The lowest BCUT2D eigenvalue weighted by Gasteiger charge is -2.02. The van der Waals surface area contributed by atoms with Gasteiger partial charge in [-0.3, -0.25) is 0 Å². The summed E-state index contributed by atoms with van der Waals surface area (Å²) in [6.45, 7) is 2.25. The van der Waals surface area contributed by atoms with Gasteiger partial charge in [0.2, 0.25) is 0 Å². The number of nitrogens with zero attached hydrogens (tertiary/aromatic N) is 1. The van der Waals surface area contributed by atoms with Gasteiger partial charge in [-0.25, -0.2) is 0 Å². The number of hydrogen-bond acceptors (Lipinski definition) is 0. The highest BCUT2D eigenvalue weighted by Gasteiger charge is 1.99. The molecule has 0 spiro atoms. The van der Waals surface area contributed by atoms with E-state index in [0.717, 1.165) is 0 Å². The van der Waals surface area contributed by atoms with Crippen LogP contribution < -0.4 is 0 Å². The molecule has 0 bridgehead atoms. The number of unbranched alkanes of at least 4 members (excludes halogenated alkanes) is 2. The number of benzene rings is 1. The molecule has 0 aliphatic carbocycles. The minimum Gasteiger partial charge on any atom is -0.351 e. The van der Waals surface area contributed by atoms with Gasteiger partial charge in [0, 0.05) is 18.8 Å². The molecule has 15 heavy (non-hydrogen) atoms. The summed E-state index contributed by atoms with van der Waals surface area (Å²) in [6.07, 6.45) is 7.29. The predicted molar refractivity (Wildman–Crippen MR) is 66.1 cm³/mol. The molecule has 2 aromatic rings. The van der Waals surface area contributed by atoms with Crippen LogP contribution in [0.5, 0.6) is 0 Å². The quantitative estimate of drug-likeness (QED) is 0.661. The topological polar surface area (TPSA) is 4.93 Å². The van der Waals surface area contributed by atoms with Crippen molar-refractivity contribution in [3.8, 4) is 0 Å². The molecule has 0 unspecified atom stereocenters. The van der Waals surface area contributed by atoms with Gasteiger partial charge in [0.15, 0.2) is 0 Å². The molecule has 0 amide bonds. The van der Waals surface area contributed by atoms with Crippen LogP contribution in [-0.4, -0.2) is 4.57 Å². The molecule has 2 rings (SSSR count). The maximum Gasteiger partial charge on any atom is 0.0480 e. The first-order chi connectivity index (χ1) is 7.31. The summed E-state index contributed by atoms with van der Waals surface area (Å²) >= 11 is 0. The first kappa shape index (κ1) is 10.3. The van der Waals surface area contributed by atoms with Crippen molar-refractivity contribution < 1.29 is 0 Å². The van der Waals surface area contributed by atoms with Gasteiger partial charge >= 0.3 is 0 Å². The Kier molecular flexibility index (Phi) is 3.10. The summed E-state index contributed by atoms with van der Waals surface area (Å²) in [5.74, 6) is 0. The SMILES string of the molecule is CCCCCc1ccc2ccn(C)c2c1. The standard InChI is InChI=1S/C14H19N/c1-3-4-5-6-12-7-8-13-9-10-15(2)14(13)11-12/h7-11H,3-6H2,1-2H3. The van der Waals surface area contributed by atoms with Gasteiger partial charge in [-0.2, -0.15) is 0 Å². The monoisotopic (exact) mass is 201 g/mol. The second kappa shape index (κ2) is 4.52. The van der Waals surface area contributed by atoms with Crippen LogP contribution in [0.4, 0.5) is 0 Å². The summed E-state index contributed by atoms with van der Waals surface area (Å²) in [4.78, 5) is 0. The van der Waals surface area contributed by atoms with E-state index in [0.29, 0.717) is 0 Å². The van der Waals surface area contributed by atoms with Crippen LogP contribution in [0.25, 0.3) is 10.9 Å². The van der Waals surface area contributed by atoms with Crippen LogP contribution in [0, 0.1) is 0 Å². The predicted octanol–water partition coefficient (Wildman–Crippen LogP) is 3.91. The zero-order valence-corrected chi connectivity index (χ0v) is 9.66. The molecule has 0 aliphatic heterocycles. The Hall–Kier alpha value is -1.24. The van der Waals surface area contributed by atoms with Crippen LogP contribution in [0.2, 0.25) is 0 Å². The van der Waals surface area contributed by atoms with E-state index < -0.39 is 0 Å². The van der Waals surface area contributed by atoms with E-state index in [1.54, 1.807) is 0 Å². The molecular weight excluding hydrogens is 182 g/mol. The molecule has 0 saturated heterocycles. The Morgan fingerprint density at radius 2 is 2.00 bits per heavy atom. The zero-order valence-electron chi connectivity index (χ0n) is 9.66. The lowest BCUT2D eigenvalue weighted by atomic mass is 10.1. The van der Waals surface area contributed by atoms with Crippen LogP contribution >= 0.6 is 0 Å². The molecule has 0 atom stereocenters. The molecule has 1 heterocycles. The summed E-state index contributed by atoms with van der Waals surface area (Å²) < 4.78 is 2.19. The number of rotatable bonds is 4. The van der Waals surface area contributed by atoms with Crippen molar-refractivity contribution in [2.75, 3.05) is 0 Å². The van der Waals surface area contributed by atoms with Gasteiger partial charge in [-0.05, 0) is 35.9 Å². The van der Waals surface area contributed by atoms with Crippen molar-refractivity contribution in [2.24, 2.45) is 7.05 Å². The first-order valence-corrected chi connectivity index (χ1v) is 5.85. The van der Waals surface area contributed by atoms with Gasteiger partial charge in [0.05, 0.1) is 0 Å². The Labute approximate surface area is 91.7 Å². The van der Waals surface area contributed by atoms with Crippen LogP contribution in [0.1, 0.15) is 31.7 Å². The molecule has 0 radical (unpaired) electrons. The van der Waals surface area contributed by atoms with Crippen LogP contribution in [0.15, 0.2) is 30.5 Å². The molecule has 0 aliphatic rings. The highest BCUT2D eigenvalue weighted by Crippen LogP contribution is 2.17. The van der Waals surface area contributed by atoms with Gasteiger partial charge in [0.1, 0.15) is 0 Å². The van der Waals surface area contributed by atoms with E-state index in [-0.39, 0.29) is 0 Å². The number of fused-ring (bicyclic) bond motifs is 1. The van der Waals surface area contributed by atoms with Gasteiger partial charge in [0.25, 0.3) is 0 Å². The minimum atomic E-state index is 1.22. The van der Waals surface area contributed by atoms with E-state index in [9.17, 15) is 0 Å². The average Bonchev–Trinajstić information content (AvgIpc) is 2.61. The van der Waals surface area contributed by atoms with Crippen molar-refractivity contribution >= 4 is 10.9 Å². The van der Waals surface area contributed by atoms with E-state index in [2.05, 4.69) is 49.0 Å². The van der Waals surface area contributed by atoms with E-state index in [1.807, 2.05) is 0 Å². The first-order valence-electron chi connectivity index (χ1n) is 5.85. The lowest BCUT2D eigenvalue weighted by Crippen LogP contribution is -1.88. The third-order valence-corrected chi connectivity index (χ3v) is 3.02. The zero-order chi connectivity index (χ0) is 10.7. The van der Waals surface area contributed by atoms with E-state index >= 15 is 0 Å². The lowest BCUT2D eigenvalue weighted by molar-refractivity contribution is 0.717. The average molecular weight is 201 g/mol. The molecule has 80 valence electrons. The molecule has 1 nitrogen and oxygen atoms in total. The Morgan fingerprint density at radius 1 is 1.13 bits per heavy atom. The fourth-order valence-electron chi connectivity index (χ4n) is 2.04. The summed E-state index contributed by atoms with van der Waals surface area (Å²) in [6, 6.07) is 8.99. The minimum absolute atomic E-state index is 1.22. The number of hydrogen-bond donors (Lipinski definition) is 0. The highest BCUT2D eigenvalue weighted by molar-refractivity contribution is 5.80. The second-order valence-electron chi connectivity index (χ2n) is 4.28. The third kappa shape index (κ3) is 2.23. The second-order valence-corrected chi connectivity index (χ2v) is 4.28. The van der Waals surface area contributed by atoms with Crippen LogP contribution in [-0.2, 0) is 13.5 Å². The summed E-state index contributed by atoms with van der Waals surface area (Å²) in [5.41, 5.74) is 2.82. The Balaban J connectivity index is 2.18. The molecule has 1 heteroatoms. The maximum atomic E-state index is 2.32. The Bertz CT molecular complexity index is 440. The van der Waals surface area contributed by atoms with Crippen molar-refractivity contribution in [1.29, 1.82) is 0 Å². The van der Waals surface area contributed by atoms with Gasteiger partial charge < -0.3 is 4.57 Å². The largest absolute Gasteiger partial charge is 0.351 e. The van der Waals surface area contributed by atoms with Gasteiger partial charge in [-0.1, -0.05) is 31.9 Å². The molecule has 1 aromatic heterocycles. The highest BCUT2D eigenvalue weighted by atomic mass is 14.9. The van der Waals surface area contributed by atoms with Gasteiger partial charge in [-0.15, -0.1) is 0 Å². The van der Waals surface area contributed by atoms with E-state index in [1.165, 1.54) is 42.1 Å². The van der Waals surface area contributed by atoms with Crippen molar-refractivity contribution in [3.63, 3.8) is 0 Å². The summed E-state index contributed by atoms with van der Waals surface area (Å²) in [5, 5.41) is 1.34. The smallest absolute Gasteiger partial charge is 0.0480 e. The maximum absolute atomic E-state index is 2.32. The fourth-order valence-corrected chi connectivity index (χ4v) is 2.04. The van der Waals surface area contributed by atoms with Crippen molar-refractivity contribution in [1.82, 2.24) is 4.57 Å². The Morgan fingerprint density at radius 3 is 2.80 bits per heavy atom. The van der Waals surface area contributed by atoms with Crippen molar-refractivity contribution in [3.05, 3.63) is 36.0 Å². The molecule has 0 saturated carbocycles. The molecular formula is C14H19N. The third-order valence-electron chi connectivity index (χ3n) is 3.02. The number of aromatic nitrogens is 1.